The molecular formula is C29H30N2O7S. The van der Waals surface area contributed by atoms with Gasteiger partial charge in [0.25, 0.3) is 5.56 Å². The lowest BCUT2D eigenvalue weighted by molar-refractivity contribution is -0.143. The molecule has 0 unspecified atom stereocenters. The number of aryl methyl sites for hydroxylation is 1. The predicted octanol–water partition coefficient (Wildman–Crippen LogP) is 3.06. The maximum absolute atomic E-state index is 13.8. The van der Waals surface area contributed by atoms with Crippen LogP contribution in [0.25, 0.3) is 6.08 Å². The summed E-state index contributed by atoms with van der Waals surface area (Å²) in [6.07, 6.45) is 1.83. The average Bonchev–Trinajstić information content (AvgIpc) is 3.21. The first-order valence-electron chi connectivity index (χ1n) is 12.5. The summed E-state index contributed by atoms with van der Waals surface area (Å²) >= 11 is 1.26. The van der Waals surface area contributed by atoms with Gasteiger partial charge in [0.05, 0.1) is 42.2 Å². The van der Waals surface area contributed by atoms with Crippen LogP contribution >= 0.6 is 11.3 Å². The first-order chi connectivity index (χ1) is 18.8. The van der Waals surface area contributed by atoms with Crippen LogP contribution in [0.2, 0.25) is 0 Å². The van der Waals surface area contributed by atoms with Gasteiger partial charge in [-0.15, -0.1) is 0 Å². The zero-order chi connectivity index (χ0) is 28.1. The lowest BCUT2D eigenvalue weighted by Gasteiger charge is -2.25. The van der Waals surface area contributed by atoms with Crippen molar-refractivity contribution in [3.8, 4) is 11.5 Å². The van der Waals surface area contributed by atoms with Crippen LogP contribution < -0.4 is 24.4 Å². The fraction of sp³-hybridized carbons (Fsp3) is 0.310. The Morgan fingerprint density at radius 2 is 1.85 bits per heavy atom. The van der Waals surface area contributed by atoms with Crippen LogP contribution in [0.15, 0.2) is 63.5 Å². The van der Waals surface area contributed by atoms with E-state index in [-0.39, 0.29) is 24.3 Å². The third kappa shape index (κ3) is 5.96. The molecule has 0 aliphatic carbocycles. The normalized spacial score (nSPS) is 14.9. The Hall–Kier alpha value is -4.18. The number of carbonyl (C=O) groups is 2. The van der Waals surface area contributed by atoms with Gasteiger partial charge in [0, 0.05) is 0 Å². The average molecular weight is 551 g/mol. The summed E-state index contributed by atoms with van der Waals surface area (Å²) in [5.74, 6) is -0.402. The quantitative estimate of drug-likeness (QED) is 0.377. The summed E-state index contributed by atoms with van der Waals surface area (Å²) in [5.41, 5.74) is 3.02. The van der Waals surface area contributed by atoms with Crippen LogP contribution in [-0.4, -0.2) is 43.4 Å². The van der Waals surface area contributed by atoms with Crippen molar-refractivity contribution in [1.82, 2.24) is 4.57 Å². The number of allylic oxidation sites excluding steroid dienone is 1. The van der Waals surface area contributed by atoms with Crippen LogP contribution in [-0.2, 0) is 19.1 Å². The lowest BCUT2D eigenvalue weighted by Crippen LogP contribution is -2.40. The molecule has 0 N–H and O–H groups in total. The molecule has 0 bridgehead atoms. The molecule has 0 radical (unpaired) electrons. The molecule has 2 aromatic carbocycles. The van der Waals surface area contributed by atoms with Gasteiger partial charge in [-0.05, 0) is 57.0 Å². The number of methoxy groups -OCH3 is 1. The minimum absolute atomic E-state index is 0.171. The van der Waals surface area contributed by atoms with Crippen molar-refractivity contribution in [2.45, 2.75) is 33.7 Å². The summed E-state index contributed by atoms with van der Waals surface area (Å²) < 4.78 is 23.4. The van der Waals surface area contributed by atoms with Crippen molar-refractivity contribution in [1.29, 1.82) is 0 Å². The van der Waals surface area contributed by atoms with E-state index in [0.29, 0.717) is 38.7 Å². The Morgan fingerprint density at radius 1 is 1.05 bits per heavy atom. The highest BCUT2D eigenvalue weighted by Crippen LogP contribution is 2.36. The summed E-state index contributed by atoms with van der Waals surface area (Å²) in [4.78, 5) is 43.7. The van der Waals surface area contributed by atoms with Crippen molar-refractivity contribution in [2.24, 2.45) is 4.99 Å². The molecule has 1 atom stereocenters. The molecule has 0 fully saturated rings. The topological polar surface area (TPSA) is 105 Å². The number of benzene rings is 2. The molecule has 3 aromatic rings. The van der Waals surface area contributed by atoms with Crippen molar-refractivity contribution < 1.29 is 28.5 Å². The van der Waals surface area contributed by atoms with Crippen LogP contribution in [0.5, 0.6) is 11.5 Å². The van der Waals surface area contributed by atoms with E-state index >= 15 is 0 Å². The van der Waals surface area contributed by atoms with E-state index in [1.54, 1.807) is 32.0 Å². The van der Waals surface area contributed by atoms with E-state index in [1.165, 1.54) is 23.0 Å². The Balaban J connectivity index is 1.90. The molecule has 2 heterocycles. The second-order valence-corrected chi connectivity index (χ2v) is 9.73. The van der Waals surface area contributed by atoms with Crippen LogP contribution in [0.1, 0.15) is 43.5 Å². The fourth-order valence-electron chi connectivity index (χ4n) is 4.30. The lowest BCUT2D eigenvalue weighted by atomic mass is 9.95. The smallest absolute Gasteiger partial charge is 0.343 e. The van der Waals surface area contributed by atoms with Crippen molar-refractivity contribution in [3.05, 3.63) is 90.1 Å². The van der Waals surface area contributed by atoms with Gasteiger partial charge in [0.15, 0.2) is 22.9 Å². The maximum Gasteiger partial charge on any atom is 0.343 e. The Morgan fingerprint density at radius 3 is 2.54 bits per heavy atom. The second-order valence-electron chi connectivity index (χ2n) is 8.72. The zero-order valence-electron chi connectivity index (χ0n) is 22.5. The number of rotatable bonds is 9. The minimum atomic E-state index is -0.811. The van der Waals surface area contributed by atoms with E-state index in [9.17, 15) is 14.4 Å². The summed E-state index contributed by atoms with van der Waals surface area (Å²) in [5, 5.41) is 0. The van der Waals surface area contributed by atoms with Gasteiger partial charge < -0.3 is 18.9 Å². The first-order valence-corrected chi connectivity index (χ1v) is 13.3. The highest BCUT2D eigenvalue weighted by atomic mass is 32.1. The van der Waals surface area contributed by atoms with E-state index in [2.05, 4.69) is 9.73 Å². The molecule has 204 valence electrons. The highest BCUT2D eigenvalue weighted by molar-refractivity contribution is 7.07. The number of hydrogen-bond acceptors (Lipinski definition) is 9. The van der Waals surface area contributed by atoms with Gasteiger partial charge in [-0.25, -0.2) is 14.6 Å². The van der Waals surface area contributed by atoms with Crippen LogP contribution in [0.3, 0.4) is 0 Å². The Labute approximate surface area is 229 Å². The number of thiazole rings is 1. The molecule has 0 saturated heterocycles. The van der Waals surface area contributed by atoms with Crippen molar-refractivity contribution >= 4 is 29.4 Å². The van der Waals surface area contributed by atoms with Gasteiger partial charge in [-0.1, -0.05) is 47.2 Å². The van der Waals surface area contributed by atoms with E-state index in [1.807, 2.05) is 44.2 Å². The predicted molar refractivity (Wildman–Crippen MR) is 147 cm³/mol. The third-order valence-electron chi connectivity index (χ3n) is 6.01. The number of fused-ring (bicyclic) bond motifs is 1. The summed E-state index contributed by atoms with van der Waals surface area (Å²) in [7, 11) is 1.28. The maximum atomic E-state index is 13.8. The van der Waals surface area contributed by atoms with E-state index in [4.69, 9.17) is 14.2 Å². The second kappa shape index (κ2) is 12.1. The zero-order valence-corrected chi connectivity index (χ0v) is 23.3. The number of aromatic nitrogens is 1. The number of nitrogens with zero attached hydrogens (tertiary/aromatic N) is 2. The SMILES string of the molecule is CCOC(=O)C1=C(C)N=c2s/c(=C\c3cccc(C)c3)c(=O)n2[C@@H]1c1ccc(OCC(=O)OC)c(OCC)c1. The van der Waals surface area contributed by atoms with Gasteiger partial charge in [-0.3, -0.25) is 9.36 Å². The van der Waals surface area contributed by atoms with Gasteiger partial charge in [0.1, 0.15) is 0 Å². The largest absolute Gasteiger partial charge is 0.490 e. The van der Waals surface area contributed by atoms with Gasteiger partial charge >= 0.3 is 11.9 Å². The van der Waals surface area contributed by atoms with Gasteiger partial charge in [-0.2, -0.15) is 0 Å². The van der Waals surface area contributed by atoms with E-state index < -0.39 is 18.0 Å². The summed E-state index contributed by atoms with van der Waals surface area (Å²) in [6.45, 7) is 7.47. The van der Waals surface area contributed by atoms with Crippen LogP contribution in [0.4, 0.5) is 0 Å². The van der Waals surface area contributed by atoms with Crippen molar-refractivity contribution in [2.75, 3.05) is 26.9 Å². The molecule has 0 spiro atoms. The standard InChI is InChI=1S/C29H30N2O7S/c1-6-36-22-15-20(11-12-21(22)38-16-24(32)35-5)26-25(28(34)37-7-2)18(4)30-29-31(26)27(33)23(39-29)14-19-10-8-9-17(3)13-19/h8-15,26H,6-7,16H2,1-5H3/b23-14-/t26-/m1/s1. The first kappa shape index (κ1) is 27.8. The molecule has 39 heavy (non-hydrogen) atoms. The Bertz CT molecular complexity index is 1620. The monoisotopic (exact) mass is 550 g/mol. The van der Waals surface area contributed by atoms with E-state index in [0.717, 1.165) is 11.1 Å². The molecule has 1 aliphatic heterocycles. The fourth-order valence-corrected chi connectivity index (χ4v) is 5.34. The molecule has 1 aromatic heterocycles. The minimum Gasteiger partial charge on any atom is -0.490 e. The molecule has 4 rings (SSSR count). The summed E-state index contributed by atoms with van der Waals surface area (Å²) in [6, 6.07) is 12.1. The number of carbonyl (C=O) groups excluding carboxylic acids is 2. The van der Waals surface area contributed by atoms with Crippen LogP contribution in [0, 0.1) is 6.92 Å². The third-order valence-corrected chi connectivity index (χ3v) is 7.00. The highest BCUT2D eigenvalue weighted by Gasteiger charge is 2.34. The number of esters is 2. The molecular weight excluding hydrogens is 520 g/mol. The molecule has 0 saturated carbocycles. The van der Waals surface area contributed by atoms with Gasteiger partial charge in [0.2, 0.25) is 0 Å². The molecule has 10 heteroatoms. The molecule has 1 aliphatic rings. The van der Waals surface area contributed by atoms with Crippen molar-refractivity contribution in [3.63, 3.8) is 0 Å². The molecule has 0 amide bonds. The Kier molecular flexibility index (Phi) is 8.65. The number of hydrogen-bond donors (Lipinski definition) is 0. The molecule has 9 nitrogen and oxygen atoms in total. The number of ether oxygens (including phenoxy) is 4.